The molecule has 0 heterocycles. The van der Waals surface area contributed by atoms with Crippen molar-refractivity contribution in [2.24, 2.45) is 0 Å². The molecule has 0 aliphatic carbocycles. The van der Waals surface area contributed by atoms with Crippen LogP contribution in [0.5, 0.6) is 0 Å². The van der Waals surface area contributed by atoms with E-state index in [9.17, 15) is 18.1 Å². The fourth-order valence-electron chi connectivity index (χ4n) is 3.82. The minimum absolute atomic E-state index is 0. The molecular weight excluding hydrogens is 411 g/mol. The summed E-state index contributed by atoms with van der Waals surface area (Å²) in [6.07, 6.45) is 19.2. The normalized spacial score (nSPS) is 13.8. The molecule has 0 fully saturated rings. The fraction of sp³-hybridized carbons (Fsp3) is 1.00. The molecule has 0 aliphatic rings. The minimum atomic E-state index is -4.17. The van der Waals surface area contributed by atoms with Gasteiger partial charge >= 0.3 is 51.4 Å². The third kappa shape index (κ3) is 22.5. The van der Waals surface area contributed by atoms with E-state index in [-0.39, 0.29) is 57.5 Å². The number of hydrogen-bond donors (Lipinski definition) is 1. The summed E-state index contributed by atoms with van der Waals surface area (Å²) in [5.74, 6) is 0. The van der Waals surface area contributed by atoms with Crippen molar-refractivity contribution in [3.63, 3.8) is 0 Å². The second-order valence-corrected chi connectivity index (χ2v) is 10.2. The van der Waals surface area contributed by atoms with E-state index in [0.717, 1.165) is 70.6 Å². The first-order valence-electron chi connectivity index (χ1n) is 12.0. The van der Waals surface area contributed by atoms with Crippen molar-refractivity contribution in [2.45, 2.75) is 147 Å². The Balaban J connectivity index is 0. The average molecular weight is 459 g/mol. The molecule has 4 nitrogen and oxygen atoms in total. The third-order valence-corrected chi connectivity index (χ3v) is 7.03. The van der Waals surface area contributed by atoms with Gasteiger partial charge in [0, 0.05) is 5.25 Å². The van der Waals surface area contributed by atoms with Gasteiger partial charge in [-0.2, -0.15) is 0 Å². The van der Waals surface area contributed by atoms with E-state index in [1.54, 1.807) is 0 Å². The fourth-order valence-corrected chi connectivity index (χ4v) is 4.73. The zero-order valence-corrected chi connectivity index (χ0v) is 23.6. The molecule has 2 atom stereocenters. The molecule has 0 aliphatic heterocycles. The van der Waals surface area contributed by atoms with Crippen molar-refractivity contribution in [2.75, 3.05) is 0 Å². The molecule has 0 saturated carbocycles. The van der Waals surface area contributed by atoms with Crippen LogP contribution < -0.4 is 51.4 Å². The third-order valence-electron chi connectivity index (χ3n) is 5.74. The number of rotatable bonds is 21. The minimum Gasteiger partial charge on any atom is -0.748 e. The number of aliphatic hydroxyl groups is 1. The average Bonchev–Trinajstić information content (AvgIpc) is 2.64. The Hall–Kier alpha value is 1.51. The van der Waals surface area contributed by atoms with Crippen LogP contribution in [-0.4, -0.2) is 29.4 Å². The first kappa shape index (κ1) is 32.7. The van der Waals surface area contributed by atoms with Gasteiger partial charge in [0.1, 0.15) is 0 Å². The van der Waals surface area contributed by atoms with Gasteiger partial charge in [0.2, 0.25) is 0 Å². The molecule has 0 bridgehead atoms. The summed E-state index contributed by atoms with van der Waals surface area (Å²) in [6.45, 7) is 4.37. The van der Waals surface area contributed by atoms with E-state index in [1.165, 1.54) is 38.5 Å². The molecule has 0 spiro atoms. The van der Waals surface area contributed by atoms with Crippen molar-refractivity contribution in [3.8, 4) is 0 Å². The second kappa shape index (κ2) is 22.7. The van der Waals surface area contributed by atoms with E-state index in [1.807, 2.05) is 0 Å². The smallest absolute Gasteiger partial charge is 0.748 e. The van der Waals surface area contributed by atoms with Crippen LogP contribution in [0.2, 0.25) is 0 Å². The van der Waals surface area contributed by atoms with Crippen LogP contribution in [0.4, 0.5) is 0 Å². The summed E-state index contributed by atoms with van der Waals surface area (Å²) < 4.78 is 34.4. The molecule has 1 N–H and O–H groups in total. The Labute approximate surface area is 224 Å². The van der Waals surface area contributed by atoms with Crippen molar-refractivity contribution in [3.05, 3.63) is 0 Å². The zero-order chi connectivity index (χ0) is 21.1. The molecule has 0 rings (SSSR count). The number of unbranched alkanes of at least 4 members (excludes halogenated alkanes) is 12. The second-order valence-electron chi connectivity index (χ2n) is 8.52. The van der Waals surface area contributed by atoms with Gasteiger partial charge < -0.3 is 9.66 Å². The van der Waals surface area contributed by atoms with Gasteiger partial charge in [-0.3, -0.25) is 0 Å². The molecule has 6 heteroatoms. The first-order valence-corrected chi connectivity index (χ1v) is 13.5. The maximum Gasteiger partial charge on any atom is 1.00 e. The molecule has 0 aromatic rings. The van der Waals surface area contributed by atoms with Crippen LogP contribution in [0.1, 0.15) is 136 Å². The maximum absolute atomic E-state index is 11.5. The quantitative estimate of drug-likeness (QED) is 0.162. The van der Waals surface area contributed by atoms with Crippen molar-refractivity contribution in [1.29, 1.82) is 0 Å². The Bertz CT molecular complexity index is 429. The summed E-state index contributed by atoms with van der Waals surface area (Å²) in [5, 5.41) is 9.27. The topological polar surface area (TPSA) is 77.4 Å². The van der Waals surface area contributed by atoms with Gasteiger partial charge in [-0.15, -0.1) is 0 Å². The van der Waals surface area contributed by atoms with Gasteiger partial charge in [-0.05, 0) is 25.7 Å². The molecule has 29 heavy (non-hydrogen) atoms. The summed E-state index contributed by atoms with van der Waals surface area (Å²) in [4.78, 5) is 0. The molecule has 0 saturated heterocycles. The molecule has 170 valence electrons. The maximum atomic E-state index is 11.5. The number of aliphatic hydroxyl groups excluding tert-OH is 1. The van der Waals surface area contributed by atoms with Crippen LogP contribution in [-0.2, 0) is 10.1 Å². The van der Waals surface area contributed by atoms with Crippen LogP contribution in [0.3, 0.4) is 0 Å². The number of hydrogen-bond acceptors (Lipinski definition) is 4. The monoisotopic (exact) mass is 458 g/mol. The van der Waals surface area contributed by atoms with Crippen LogP contribution in [0.15, 0.2) is 0 Å². The van der Waals surface area contributed by atoms with Gasteiger partial charge in [0.15, 0.2) is 0 Å². The van der Waals surface area contributed by atoms with Crippen molar-refractivity contribution in [1.82, 2.24) is 0 Å². The summed E-state index contributed by atoms with van der Waals surface area (Å²) in [5.41, 5.74) is 0. The van der Waals surface area contributed by atoms with E-state index in [4.69, 9.17) is 0 Å². The van der Waals surface area contributed by atoms with Gasteiger partial charge in [0.05, 0.1) is 16.2 Å². The van der Waals surface area contributed by atoms with E-state index in [0.29, 0.717) is 12.8 Å². The first-order chi connectivity index (χ1) is 13.4. The zero-order valence-electron chi connectivity index (χ0n) is 19.7. The van der Waals surface area contributed by atoms with Gasteiger partial charge in [0.25, 0.3) is 0 Å². The van der Waals surface area contributed by atoms with E-state index >= 15 is 0 Å². The van der Waals surface area contributed by atoms with Crippen LogP contribution in [0, 0.1) is 0 Å². The van der Waals surface area contributed by atoms with Gasteiger partial charge in [-0.1, -0.05) is 110 Å². The molecule has 0 aromatic carbocycles. The van der Waals surface area contributed by atoms with E-state index in [2.05, 4.69) is 13.8 Å². The molecule has 0 aromatic heterocycles. The Morgan fingerprint density at radius 3 is 1.31 bits per heavy atom. The standard InChI is InChI=1S/C23H48O4S.K/c1-3-5-7-9-12-16-20-23(28(25,26)27)21-17-13-10-11-15-19-22(24)18-14-8-6-4-2;/h22-24H,3-21H2,1-2H3,(H,25,26,27);/q;+1/p-1. The molecule has 2 unspecified atom stereocenters. The van der Waals surface area contributed by atoms with Gasteiger partial charge in [-0.25, -0.2) is 8.42 Å². The molecule has 0 amide bonds. The Morgan fingerprint density at radius 1 is 0.621 bits per heavy atom. The SMILES string of the molecule is CCCCCCCCC(CCCCCCCC(O)CCCCCC)S(=O)(=O)[O-].[K+]. The molecular formula is C23H47KO4S. The summed E-state index contributed by atoms with van der Waals surface area (Å²) in [7, 11) is -4.17. The van der Waals surface area contributed by atoms with Crippen molar-refractivity contribution >= 4 is 10.1 Å². The largest absolute Gasteiger partial charge is 1.00 e. The van der Waals surface area contributed by atoms with E-state index < -0.39 is 15.4 Å². The van der Waals surface area contributed by atoms with Crippen LogP contribution >= 0.6 is 0 Å². The summed E-state index contributed by atoms with van der Waals surface area (Å²) in [6, 6.07) is 0. The predicted octanol–water partition coefficient (Wildman–Crippen LogP) is 3.72. The predicted molar refractivity (Wildman–Crippen MR) is 119 cm³/mol. The Morgan fingerprint density at radius 2 is 0.931 bits per heavy atom. The molecule has 0 radical (unpaired) electrons. The summed E-state index contributed by atoms with van der Waals surface area (Å²) >= 11 is 0. The van der Waals surface area contributed by atoms with Crippen LogP contribution in [0.25, 0.3) is 0 Å². The van der Waals surface area contributed by atoms with Crippen molar-refractivity contribution < 1.29 is 69.5 Å². The Kier molecular flexibility index (Phi) is 25.6.